The van der Waals surface area contributed by atoms with Crippen LogP contribution in [0.5, 0.6) is 0 Å². The zero-order chi connectivity index (χ0) is 15.9. The first-order chi connectivity index (χ1) is 10.4. The Morgan fingerprint density at radius 1 is 1.36 bits per heavy atom. The zero-order valence-corrected chi connectivity index (χ0v) is 14.1. The Bertz CT molecular complexity index is 727. The highest BCUT2D eigenvalue weighted by molar-refractivity contribution is 7.16. The third kappa shape index (κ3) is 2.59. The van der Waals surface area contributed by atoms with Crippen molar-refractivity contribution in [2.45, 2.75) is 39.7 Å². The molecule has 3 heteroatoms. The van der Waals surface area contributed by atoms with Gasteiger partial charge in [-0.3, -0.25) is 0 Å². The van der Waals surface area contributed by atoms with Gasteiger partial charge in [0.15, 0.2) is 0 Å². The van der Waals surface area contributed by atoms with E-state index in [4.69, 9.17) is 5.73 Å². The Balaban J connectivity index is 2.21. The lowest BCUT2D eigenvalue weighted by Gasteiger charge is -2.30. The molecule has 0 amide bonds. The molecule has 0 saturated carbocycles. The Morgan fingerprint density at radius 3 is 2.77 bits per heavy atom. The zero-order valence-electron chi connectivity index (χ0n) is 13.3. The second kappa shape index (κ2) is 5.56. The molecule has 0 fully saturated rings. The predicted molar refractivity (Wildman–Crippen MR) is 95.1 cm³/mol. The van der Waals surface area contributed by atoms with Crippen LogP contribution in [-0.2, 0) is 19.4 Å². The third-order valence-corrected chi connectivity index (χ3v) is 5.87. The van der Waals surface area contributed by atoms with E-state index in [9.17, 15) is 5.11 Å². The molecule has 1 aliphatic rings. The topological polar surface area (TPSA) is 46.2 Å². The Hall–Kier alpha value is -1.58. The van der Waals surface area contributed by atoms with Gasteiger partial charge in [-0.1, -0.05) is 44.7 Å². The van der Waals surface area contributed by atoms with Gasteiger partial charge >= 0.3 is 0 Å². The summed E-state index contributed by atoms with van der Waals surface area (Å²) in [6.07, 6.45) is 3.27. The molecule has 22 heavy (non-hydrogen) atoms. The minimum Gasteiger partial charge on any atom is -0.508 e. The maximum absolute atomic E-state index is 10.2. The van der Waals surface area contributed by atoms with Gasteiger partial charge in [0, 0.05) is 21.9 Å². The molecular formula is C19H23NOS. The van der Waals surface area contributed by atoms with Crippen molar-refractivity contribution in [3.8, 4) is 10.4 Å². The van der Waals surface area contributed by atoms with E-state index in [0.29, 0.717) is 6.54 Å². The van der Waals surface area contributed by atoms with Crippen molar-refractivity contribution in [3.05, 3.63) is 52.4 Å². The second-order valence-electron chi connectivity index (χ2n) is 6.86. The van der Waals surface area contributed by atoms with Crippen molar-refractivity contribution < 1.29 is 5.11 Å². The fourth-order valence-corrected chi connectivity index (χ4v) is 4.73. The van der Waals surface area contributed by atoms with Crippen molar-refractivity contribution in [2.24, 2.45) is 11.1 Å². The van der Waals surface area contributed by atoms with Crippen LogP contribution in [0.25, 0.3) is 16.2 Å². The van der Waals surface area contributed by atoms with Crippen LogP contribution in [0.15, 0.2) is 30.8 Å². The number of benzene rings is 1. The molecular weight excluding hydrogens is 290 g/mol. The van der Waals surface area contributed by atoms with Crippen LogP contribution in [0.1, 0.15) is 41.8 Å². The summed E-state index contributed by atoms with van der Waals surface area (Å²) >= 11 is 1.80. The molecule has 0 bridgehead atoms. The summed E-state index contributed by atoms with van der Waals surface area (Å²) in [5, 5.41) is 10.2. The van der Waals surface area contributed by atoms with Crippen LogP contribution in [0.3, 0.4) is 0 Å². The summed E-state index contributed by atoms with van der Waals surface area (Å²) in [7, 11) is 0. The monoisotopic (exact) mass is 313 g/mol. The van der Waals surface area contributed by atoms with Gasteiger partial charge in [0.1, 0.15) is 5.76 Å². The van der Waals surface area contributed by atoms with Crippen LogP contribution in [-0.4, -0.2) is 5.11 Å². The smallest absolute Gasteiger partial charge is 0.117 e. The van der Waals surface area contributed by atoms with Gasteiger partial charge in [-0.2, -0.15) is 0 Å². The fourth-order valence-electron chi connectivity index (χ4n) is 3.33. The molecule has 1 aromatic heterocycles. The first kappa shape index (κ1) is 15.3. The average molecular weight is 313 g/mol. The van der Waals surface area contributed by atoms with Gasteiger partial charge in [0.05, 0.1) is 0 Å². The van der Waals surface area contributed by atoms with E-state index >= 15 is 0 Å². The lowest BCUT2D eigenvalue weighted by atomic mass is 9.75. The molecule has 1 aliphatic carbocycles. The molecule has 2 aromatic rings. The molecule has 1 aromatic carbocycles. The maximum atomic E-state index is 10.2. The normalized spacial score (nSPS) is 16.3. The Kier molecular flexibility index (Phi) is 3.87. The number of rotatable bonds is 3. The summed E-state index contributed by atoms with van der Waals surface area (Å²) < 4.78 is 0. The number of aliphatic hydroxyl groups excluding tert-OH is 1. The van der Waals surface area contributed by atoms with Crippen LogP contribution in [0, 0.1) is 5.41 Å². The SMILES string of the molecule is C=C(O)c1c(-c2ccccc2CN)sc2c1CC(C)(C)CC2. The molecule has 116 valence electrons. The van der Waals surface area contributed by atoms with Crippen LogP contribution in [0.4, 0.5) is 0 Å². The van der Waals surface area contributed by atoms with Gasteiger partial charge < -0.3 is 10.8 Å². The standard InChI is InChI=1S/C19H23NOS/c1-12(21)17-15-10-19(2,3)9-8-16(15)22-18(17)14-7-5-4-6-13(14)11-20/h4-7,21H,1,8-11,20H2,2-3H3. The van der Waals surface area contributed by atoms with Crippen LogP contribution >= 0.6 is 11.3 Å². The quantitative estimate of drug-likeness (QED) is 0.790. The number of hydrogen-bond donors (Lipinski definition) is 2. The molecule has 0 aliphatic heterocycles. The van der Waals surface area contributed by atoms with Gasteiger partial charge in [0.25, 0.3) is 0 Å². The first-order valence-electron chi connectivity index (χ1n) is 7.74. The maximum Gasteiger partial charge on any atom is 0.117 e. The van der Waals surface area contributed by atoms with Crippen molar-refractivity contribution in [3.63, 3.8) is 0 Å². The number of nitrogens with two attached hydrogens (primary N) is 1. The molecule has 0 atom stereocenters. The van der Waals surface area contributed by atoms with E-state index in [-0.39, 0.29) is 11.2 Å². The number of aryl methyl sites for hydroxylation is 1. The first-order valence-corrected chi connectivity index (χ1v) is 8.56. The minimum atomic E-state index is 0.178. The number of aliphatic hydroxyl groups is 1. The molecule has 0 saturated heterocycles. The van der Waals surface area contributed by atoms with E-state index < -0.39 is 0 Å². The van der Waals surface area contributed by atoms with Crippen LogP contribution in [0.2, 0.25) is 0 Å². The number of hydrogen-bond acceptors (Lipinski definition) is 3. The summed E-state index contributed by atoms with van der Waals surface area (Å²) in [4.78, 5) is 2.52. The average Bonchev–Trinajstić information content (AvgIpc) is 2.84. The summed E-state index contributed by atoms with van der Waals surface area (Å²) in [5.41, 5.74) is 10.7. The highest BCUT2D eigenvalue weighted by Gasteiger charge is 2.31. The van der Waals surface area contributed by atoms with Crippen molar-refractivity contribution in [2.75, 3.05) is 0 Å². The molecule has 2 nitrogen and oxygen atoms in total. The van der Waals surface area contributed by atoms with Gasteiger partial charge in [-0.05, 0) is 41.4 Å². The highest BCUT2D eigenvalue weighted by atomic mass is 32.1. The predicted octanol–water partition coefficient (Wildman–Crippen LogP) is 4.92. The van der Waals surface area contributed by atoms with E-state index in [1.54, 1.807) is 11.3 Å². The van der Waals surface area contributed by atoms with E-state index in [1.807, 2.05) is 12.1 Å². The third-order valence-electron chi connectivity index (χ3n) is 4.55. The van der Waals surface area contributed by atoms with Crippen molar-refractivity contribution in [1.29, 1.82) is 0 Å². The van der Waals surface area contributed by atoms with Gasteiger partial charge in [-0.15, -0.1) is 11.3 Å². The lowest BCUT2D eigenvalue weighted by Crippen LogP contribution is -2.21. The van der Waals surface area contributed by atoms with Crippen molar-refractivity contribution in [1.82, 2.24) is 0 Å². The largest absolute Gasteiger partial charge is 0.508 e. The number of fused-ring (bicyclic) bond motifs is 1. The van der Waals surface area contributed by atoms with Gasteiger partial charge in [-0.25, -0.2) is 0 Å². The molecule has 0 radical (unpaired) electrons. The molecule has 3 rings (SSSR count). The molecule has 3 N–H and O–H groups in total. The second-order valence-corrected chi connectivity index (χ2v) is 7.96. The summed E-state index contributed by atoms with van der Waals surface area (Å²) in [6.45, 7) is 8.92. The van der Waals surface area contributed by atoms with Crippen LogP contribution < -0.4 is 5.73 Å². The van der Waals surface area contributed by atoms with E-state index in [1.165, 1.54) is 16.9 Å². The fraction of sp³-hybridized carbons (Fsp3) is 0.368. The molecule has 0 unspecified atom stereocenters. The Labute approximate surface area is 136 Å². The Morgan fingerprint density at radius 2 is 2.09 bits per heavy atom. The lowest BCUT2D eigenvalue weighted by molar-refractivity contribution is 0.317. The molecule has 1 heterocycles. The number of thiophene rings is 1. The van der Waals surface area contributed by atoms with Gasteiger partial charge in [0.2, 0.25) is 0 Å². The summed E-state index contributed by atoms with van der Waals surface area (Å²) in [5.74, 6) is 0.178. The van der Waals surface area contributed by atoms with Crippen molar-refractivity contribution >= 4 is 17.1 Å². The van der Waals surface area contributed by atoms with E-state index in [2.05, 4.69) is 32.6 Å². The summed E-state index contributed by atoms with van der Waals surface area (Å²) in [6, 6.07) is 8.19. The highest BCUT2D eigenvalue weighted by Crippen LogP contribution is 2.47. The molecule has 0 spiro atoms. The van der Waals surface area contributed by atoms with E-state index in [0.717, 1.165) is 34.4 Å². The minimum absolute atomic E-state index is 0.178.